The monoisotopic (exact) mass is 345 g/mol. The van der Waals surface area contributed by atoms with Crippen molar-refractivity contribution >= 4 is 21.9 Å². The third kappa shape index (κ3) is 5.88. The van der Waals surface area contributed by atoms with Crippen LogP contribution in [-0.4, -0.2) is 39.3 Å². The highest BCUT2D eigenvalue weighted by molar-refractivity contribution is 9.10. The number of ether oxygens (including phenoxy) is 1. The maximum atomic E-state index is 13.6. The van der Waals surface area contributed by atoms with Crippen molar-refractivity contribution in [3.63, 3.8) is 0 Å². The van der Waals surface area contributed by atoms with Crippen LogP contribution < -0.4 is 10.6 Å². The number of rotatable bonds is 6. The molecule has 4 nitrogen and oxygen atoms in total. The summed E-state index contributed by atoms with van der Waals surface area (Å²) in [6.45, 7) is 3.21. The molecule has 0 bridgehead atoms. The summed E-state index contributed by atoms with van der Waals surface area (Å²) in [5.41, 5.74) is 0.673. The minimum absolute atomic E-state index is 0.161. The molecule has 0 heterocycles. The molecule has 0 fully saturated rings. The van der Waals surface area contributed by atoms with Gasteiger partial charge in [-0.2, -0.15) is 0 Å². The van der Waals surface area contributed by atoms with Gasteiger partial charge < -0.3 is 15.4 Å². The number of aliphatic imine (C=N–C) groups is 1. The first-order valence-electron chi connectivity index (χ1n) is 6.47. The predicted octanol–water partition coefficient (Wildman–Crippen LogP) is 2.33. The number of guanidine groups is 1. The van der Waals surface area contributed by atoms with Gasteiger partial charge in [0.2, 0.25) is 0 Å². The van der Waals surface area contributed by atoms with E-state index in [9.17, 15) is 4.39 Å². The van der Waals surface area contributed by atoms with Crippen LogP contribution in [0.2, 0.25) is 0 Å². The van der Waals surface area contributed by atoms with Gasteiger partial charge >= 0.3 is 0 Å². The molecular formula is C14H21BrFN3O. The average molecular weight is 346 g/mol. The van der Waals surface area contributed by atoms with Crippen molar-refractivity contribution in [1.82, 2.24) is 10.6 Å². The Hall–Kier alpha value is -1.14. The molecule has 0 radical (unpaired) electrons. The molecule has 1 atom stereocenters. The van der Waals surface area contributed by atoms with Gasteiger partial charge in [-0.15, -0.1) is 0 Å². The summed E-state index contributed by atoms with van der Waals surface area (Å²) in [6.07, 6.45) is 0.588. The first-order valence-corrected chi connectivity index (χ1v) is 7.26. The summed E-state index contributed by atoms with van der Waals surface area (Å²) in [5.74, 6) is 0.496. The lowest BCUT2D eigenvalue weighted by Crippen LogP contribution is -2.44. The molecule has 1 aromatic rings. The summed E-state index contributed by atoms with van der Waals surface area (Å²) < 4.78 is 19.5. The minimum Gasteiger partial charge on any atom is -0.383 e. The van der Waals surface area contributed by atoms with Gasteiger partial charge in [-0.05, 0) is 37.1 Å². The molecule has 0 aliphatic carbocycles. The van der Waals surface area contributed by atoms with Crippen LogP contribution in [-0.2, 0) is 11.2 Å². The quantitative estimate of drug-likeness (QED) is 0.614. The molecule has 6 heteroatoms. The van der Waals surface area contributed by atoms with Crippen molar-refractivity contribution in [1.29, 1.82) is 0 Å². The Labute approximate surface area is 127 Å². The standard InChI is InChI=1S/C14H21BrFN3O/c1-10(9-20-3)19-14(17-2)18-7-6-11-8-12(15)4-5-13(11)16/h4-5,8,10H,6-7,9H2,1-3H3,(H2,17,18,19). The largest absolute Gasteiger partial charge is 0.383 e. The highest BCUT2D eigenvalue weighted by Gasteiger charge is 2.06. The molecule has 0 aliphatic rings. The topological polar surface area (TPSA) is 45.7 Å². The Kier molecular flexibility index (Phi) is 7.54. The van der Waals surface area contributed by atoms with Crippen LogP contribution in [0.15, 0.2) is 27.7 Å². The van der Waals surface area contributed by atoms with Crippen molar-refractivity contribution in [3.8, 4) is 0 Å². The maximum absolute atomic E-state index is 13.6. The van der Waals surface area contributed by atoms with Crippen molar-refractivity contribution in [2.75, 3.05) is 27.3 Å². The van der Waals surface area contributed by atoms with E-state index < -0.39 is 0 Å². The lowest BCUT2D eigenvalue weighted by molar-refractivity contribution is 0.179. The van der Waals surface area contributed by atoms with Gasteiger partial charge in [0.05, 0.1) is 6.61 Å². The second-order valence-electron chi connectivity index (χ2n) is 4.49. The molecule has 0 aliphatic heterocycles. The SMILES string of the molecule is CN=C(NCCc1cc(Br)ccc1F)NC(C)COC. The Morgan fingerprint density at radius 3 is 2.90 bits per heavy atom. The Balaban J connectivity index is 2.44. The molecule has 2 N–H and O–H groups in total. The van der Waals surface area contributed by atoms with Gasteiger partial charge in [-0.1, -0.05) is 15.9 Å². The number of hydrogen-bond donors (Lipinski definition) is 2. The number of nitrogens with one attached hydrogen (secondary N) is 2. The molecule has 0 amide bonds. The first kappa shape index (κ1) is 16.9. The Morgan fingerprint density at radius 1 is 1.50 bits per heavy atom. The van der Waals surface area contributed by atoms with Crippen LogP contribution in [0.3, 0.4) is 0 Å². The van der Waals surface area contributed by atoms with Gasteiger partial charge in [0.15, 0.2) is 5.96 Å². The lowest BCUT2D eigenvalue weighted by Gasteiger charge is -2.17. The summed E-state index contributed by atoms with van der Waals surface area (Å²) in [7, 11) is 3.36. The highest BCUT2D eigenvalue weighted by Crippen LogP contribution is 2.15. The van der Waals surface area contributed by atoms with Crippen molar-refractivity contribution in [2.24, 2.45) is 4.99 Å². The summed E-state index contributed by atoms with van der Waals surface area (Å²) in [6, 6.07) is 5.11. The third-order valence-corrected chi connectivity index (χ3v) is 3.21. The summed E-state index contributed by atoms with van der Waals surface area (Å²) in [4.78, 5) is 4.12. The molecule has 1 aromatic carbocycles. The number of hydrogen-bond acceptors (Lipinski definition) is 2. The van der Waals surface area contributed by atoms with E-state index in [4.69, 9.17) is 4.74 Å². The normalized spacial score (nSPS) is 13.2. The molecule has 0 saturated carbocycles. The fourth-order valence-corrected chi connectivity index (χ4v) is 2.18. The van der Waals surface area contributed by atoms with E-state index in [1.807, 2.05) is 6.92 Å². The number of benzene rings is 1. The van der Waals surface area contributed by atoms with Crippen LogP contribution in [0.5, 0.6) is 0 Å². The molecule has 0 aromatic heterocycles. The van der Waals surface area contributed by atoms with Crippen LogP contribution in [0.4, 0.5) is 4.39 Å². The van der Waals surface area contributed by atoms with Gasteiger partial charge in [0.1, 0.15) is 5.82 Å². The third-order valence-electron chi connectivity index (χ3n) is 2.72. The number of nitrogens with zero attached hydrogens (tertiary/aromatic N) is 1. The second-order valence-corrected chi connectivity index (χ2v) is 5.40. The molecule has 1 rings (SSSR count). The van der Waals surface area contributed by atoms with E-state index in [1.165, 1.54) is 6.07 Å². The van der Waals surface area contributed by atoms with E-state index in [-0.39, 0.29) is 11.9 Å². The van der Waals surface area contributed by atoms with E-state index in [0.717, 1.165) is 4.47 Å². The van der Waals surface area contributed by atoms with Crippen molar-refractivity contribution < 1.29 is 9.13 Å². The molecular weight excluding hydrogens is 325 g/mol. The highest BCUT2D eigenvalue weighted by atomic mass is 79.9. The van der Waals surface area contributed by atoms with Gasteiger partial charge in [-0.25, -0.2) is 4.39 Å². The van der Waals surface area contributed by atoms with E-state index in [2.05, 4.69) is 31.6 Å². The van der Waals surface area contributed by atoms with Gasteiger partial charge in [0, 0.05) is 31.2 Å². The van der Waals surface area contributed by atoms with E-state index in [0.29, 0.717) is 31.1 Å². The molecule has 1 unspecified atom stereocenters. The van der Waals surface area contributed by atoms with E-state index in [1.54, 1.807) is 26.3 Å². The van der Waals surface area contributed by atoms with E-state index >= 15 is 0 Å². The number of methoxy groups -OCH3 is 1. The lowest BCUT2D eigenvalue weighted by atomic mass is 10.1. The van der Waals surface area contributed by atoms with Crippen LogP contribution in [0, 0.1) is 5.82 Å². The van der Waals surface area contributed by atoms with Crippen molar-refractivity contribution in [3.05, 3.63) is 34.1 Å². The smallest absolute Gasteiger partial charge is 0.191 e. The zero-order chi connectivity index (χ0) is 15.0. The Bertz CT molecular complexity index is 454. The zero-order valence-electron chi connectivity index (χ0n) is 12.0. The van der Waals surface area contributed by atoms with Crippen LogP contribution in [0.25, 0.3) is 0 Å². The minimum atomic E-state index is -0.189. The average Bonchev–Trinajstić information content (AvgIpc) is 2.41. The first-order chi connectivity index (χ1) is 9.56. The Morgan fingerprint density at radius 2 is 2.25 bits per heavy atom. The second kappa shape index (κ2) is 8.92. The zero-order valence-corrected chi connectivity index (χ0v) is 13.6. The van der Waals surface area contributed by atoms with Gasteiger partial charge in [-0.3, -0.25) is 4.99 Å². The molecule has 0 saturated heterocycles. The maximum Gasteiger partial charge on any atom is 0.191 e. The summed E-state index contributed by atoms with van der Waals surface area (Å²) >= 11 is 3.34. The summed E-state index contributed by atoms with van der Waals surface area (Å²) in [5, 5.41) is 6.35. The predicted molar refractivity (Wildman–Crippen MR) is 83.6 cm³/mol. The molecule has 112 valence electrons. The van der Waals surface area contributed by atoms with Crippen molar-refractivity contribution in [2.45, 2.75) is 19.4 Å². The van der Waals surface area contributed by atoms with Crippen LogP contribution in [0.1, 0.15) is 12.5 Å². The molecule has 20 heavy (non-hydrogen) atoms. The van der Waals surface area contributed by atoms with Crippen LogP contribution >= 0.6 is 15.9 Å². The number of halogens is 2. The fourth-order valence-electron chi connectivity index (χ4n) is 1.77. The molecule has 0 spiro atoms. The fraction of sp³-hybridized carbons (Fsp3) is 0.500. The van der Waals surface area contributed by atoms with Gasteiger partial charge in [0.25, 0.3) is 0 Å².